The first-order valence-corrected chi connectivity index (χ1v) is 9.32. The molecule has 0 bridgehead atoms. The molecule has 0 aliphatic heterocycles. The number of carbonyl (C=O) groups excluding carboxylic acids is 1. The number of hydrogen-bond acceptors (Lipinski definition) is 4. The molecule has 0 spiro atoms. The summed E-state index contributed by atoms with van der Waals surface area (Å²) in [5.41, 5.74) is 1.41. The highest BCUT2D eigenvalue weighted by atomic mass is 35.5. The van der Waals surface area contributed by atoms with Gasteiger partial charge in [0.2, 0.25) is 15.9 Å². The minimum absolute atomic E-state index is 0.0321. The van der Waals surface area contributed by atoms with Gasteiger partial charge in [0, 0.05) is 5.02 Å². The van der Waals surface area contributed by atoms with Crippen molar-refractivity contribution in [1.29, 1.82) is 0 Å². The summed E-state index contributed by atoms with van der Waals surface area (Å²) in [4.78, 5) is 12.4. The normalized spacial score (nSPS) is 12.5. The summed E-state index contributed by atoms with van der Waals surface area (Å²) in [6.45, 7) is 3.34. The van der Waals surface area contributed by atoms with Crippen molar-refractivity contribution in [3.63, 3.8) is 0 Å². The molecule has 25 heavy (non-hydrogen) atoms. The highest BCUT2D eigenvalue weighted by Gasteiger charge is 2.22. The van der Waals surface area contributed by atoms with E-state index in [0.29, 0.717) is 16.5 Å². The van der Waals surface area contributed by atoms with Crippen molar-refractivity contribution in [3.05, 3.63) is 53.1 Å². The molecule has 2 aromatic rings. The number of sulfonamides is 1. The number of hydrogen-bond donors (Lipinski definition) is 2. The van der Waals surface area contributed by atoms with Crippen LogP contribution in [0.15, 0.2) is 47.4 Å². The van der Waals surface area contributed by atoms with Gasteiger partial charge in [0.15, 0.2) is 0 Å². The average molecular weight is 383 g/mol. The topological polar surface area (TPSA) is 84.5 Å². The molecule has 134 valence electrons. The number of ether oxygens (including phenoxy) is 1. The number of methoxy groups -OCH3 is 1. The minimum atomic E-state index is -3.84. The molecule has 0 aliphatic carbocycles. The predicted molar refractivity (Wildman–Crippen MR) is 97.6 cm³/mol. The van der Waals surface area contributed by atoms with Crippen LogP contribution in [-0.4, -0.2) is 27.5 Å². The van der Waals surface area contributed by atoms with Crippen molar-refractivity contribution in [1.82, 2.24) is 4.72 Å². The van der Waals surface area contributed by atoms with E-state index >= 15 is 0 Å². The van der Waals surface area contributed by atoms with Crippen molar-refractivity contribution in [2.45, 2.75) is 24.8 Å². The van der Waals surface area contributed by atoms with Gasteiger partial charge in [0.05, 0.1) is 23.7 Å². The third-order valence-electron chi connectivity index (χ3n) is 3.46. The Labute approximate surface area is 152 Å². The lowest BCUT2D eigenvalue weighted by Gasteiger charge is -2.16. The van der Waals surface area contributed by atoms with Crippen molar-refractivity contribution < 1.29 is 17.9 Å². The molecular formula is C17H19ClN2O4S. The molecule has 2 rings (SSSR count). The van der Waals surface area contributed by atoms with Crippen molar-refractivity contribution in [2.24, 2.45) is 0 Å². The van der Waals surface area contributed by atoms with Crippen molar-refractivity contribution in [2.75, 3.05) is 12.4 Å². The smallest absolute Gasteiger partial charge is 0.242 e. The standard InChI is InChI=1S/C17H19ClN2O4S/c1-11-4-9-16(24-3)15(10-11)19-17(21)12(2)20-25(22,23)14-7-5-13(18)6-8-14/h4-10,12,20H,1-3H3,(H,19,21)/t12-/m1/s1. The van der Waals surface area contributed by atoms with Gasteiger partial charge in [-0.05, 0) is 55.8 Å². The molecule has 0 aromatic heterocycles. The fourth-order valence-electron chi connectivity index (χ4n) is 2.13. The summed E-state index contributed by atoms with van der Waals surface area (Å²) >= 11 is 5.76. The molecule has 1 amide bonds. The molecule has 2 aromatic carbocycles. The van der Waals surface area contributed by atoms with Crippen LogP contribution in [0.5, 0.6) is 5.75 Å². The summed E-state index contributed by atoms with van der Waals surface area (Å²) < 4.78 is 32.2. The first-order chi connectivity index (χ1) is 11.7. The first-order valence-electron chi connectivity index (χ1n) is 7.46. The van der Waals surface area contributed by atoms with E-state index in [1.165, 1.54) is 38.3 Å². The Morgan fingerprint density at radius 1 is 1.16 bits per heavy atom. The van der Waals surface area contributed by atoms with Crippen molar-refractivity contribution >= 4 is 33.2 Å². The molecular weight excluding hydrogens is 364 g/mol. The zero-order valence-electron chi connectivity index (χ0n) is 14.0. The number of nitrogens with one attached hydrogen (secondary N) is 2. The monoisotopic (exact) mass is 382 g/mol. The van der Waals surface area contributed by atoms with Crippen LogP contribution in [-0.2, 0) is 14.8 Å². The molecule has 1 atom stereocenters. The van der Waals surface area contributed by atoms with E-state index in [4.69, 9.17) is 16.3 Å². The molecule has 2 N–H and O–H groups in total. The lowest BCUT2D eigenvalue weighted by atomic mass is 10.2. The van der Waals surface area contributed by atoms with Crippen LogP contribution in [0.25, 0.3) is 0 Å². The number of anilines is 1. The van der Waals surface area contributed by atoms with E-state index < -0.39 is 22.0 Å². The molecule has 6 nitrogen and oxygen atoms in total. The highest BCUT2D eigenvalue weighted by Crippen LogP contribution is 2.25. The first kappa shape index (κ1) is 19.2. The van der Waals surface area contributed by atoms with Gasteiger partial charge in [-0.2, -0.15) is 4.72 Å². The summed E-state index contributed by atoms with van der Waals surface area (Å²) in [5, 5.41) is 3.10. The van der Waals surface area contributed by atoms with Gasteiger partial charge in [0.25, 0.3) is 0 Å². The molecule has 0 aliphatic rings. The maximum absolute atomic E-state index is 12.3. The van der Waals surface area contributed by atoms with Crippen LogP contribution < -0.4 is 14.8 Å². The summed E-state index contributed by atoms with van der Waals surface area (Å²) in [7, 11) is -2.35. The predicted octanol–water partition coefficient (Wildman–Crippen LogP) is 2.96. The van der Waals surface area contributed by atoms with Crippen LogP contribution in [0.4, 0.5) is 5.69 Å². The number of amides is 1. The second kappa shape index (κ2) is 7.86. The number of halogens is 1. The molecule has 0 radical (unpaired) electrons. The highest BCUT2D eigenvalue weighted by molar-refractivity contribution is 7.89. The maximum Gasteiger partial charge on any atom is 0.242 e. The Kier molecular flexibility index (Phi) is 6.05. The SMILES string of the molecule is COc1ccc(C)cc1NC(=O)[C@@H](C)NS(=O)(=O)c1ccc(Cl)cc1. The number of rotatable bonds is 6. The Morgan fingerprint density at radius 3 is 2.40 bits per heavy atom. The zero-order valence-corrected chi connectivity index (χ0v) is 15.6. The fraction of sp³-hybridized carbons (Fsp3) is 0.235. The van der Waals surface area contributed by atoms with Gasteiger partial charge in [-0.15, -0.1) is 0 Å². The van der Waals surface area contributed by atoms with Gasteiger partial charge < -0.3 is 10.1 Å². The largest absolute Gasteiger partial charge is 0.495 e. The number of carbonyl (C=O) groups is 1. The van der Waals surface area contributed by atoms with E-state index in [1.807, 2.05) is 13.0 Å². The Morgan fingerprint density at radius 2 is 1.80 bits per heavy atom. The van der Waals surface area contributed by atoms with Gasteiger partial charge in [0.1, 0.15) is 5.75 Å². The second-order valence-corrected chi connectivity index (χ2v) is 7.64. The van der Waals surface area contributed by atoms with Crippen molar-refractivity contribution in [3.8, 4) is 5.75 Å². The van der Waals surface area contributed by atoms with Gasteiger partial charge in [-0.3, -0.25) is 4.79 Å². The Balaban J connectivity index is 2.12. The van der Waals surface area contributed by atoms with Crippen LogP contribution in [0.3, 0.4) is 0 Å². The van der Waals surface area contributed by atoms with Crippen LogP contribution in [0, 0.1) is 6.92 Å². The van der Waals surface area contributed by atoms with E-state index in [2.05, 4.69) is 10.0 Å². The van der Waals surface area contributed by atoms with Gasteiger partial charge in [-0.25, -0.2) is 8.42 Å². The summed E-state index contributed by atoms with van der Waals surface area (Å²) in [6.07, 6.45) is 0. The Hall–Kier alpha value is -2.09. The quantitative estimate of drug-likeness (QED) is 0.804. The van der Waals surface area contributed by atoms with Crippen LogP contribution >= 0.6 is 11.6 Å². The Bertz CT molecular complexity index is 867. The van der Waals surface area contributed by atoms with E-state index in [-0.39, 0.29) is 4.90 Å². The lowest BCUT2D eigenvalue weighted by molar-refractivity contribution is -0.117. The van der Waals surface area contributed by atoms with E-state index in [9.17, 15) is 13.2 Å². The zero-order chi connectivity index (χ0) is 18.6. The third kappa shape index (κ3) is 4.94. The molecule has 0 heterocycles. The van der Waals surface area contributed by atoms with Crippen LogP contribution in [0.2, 0.25) is 5.02 Å². The molecule has 0 unspecified atom stereocenters. The summed E-state index contributed by atoms with van der Waals surface area (Å²) in [5.74, 6) is -0.00635. The van der Waals surface area contributed by atoms with E-state index in [1.54, 1.807) is 12.1 Å². The molecule has 8 heteroatoms. The number of benzene rings is 2. The van der Waals surface area contributed by atoms with Crippen LogP contribution in [0.1, 0.15) is 12.5 Å². The summed E-state index contributed by atoms with van der Waals surface area (Å²) in [6, 6.07) is 10.0. The molecule has 0 fully saturated rings. The third-order valence-corrected chi connectivity index (χ3v) is 5.27. The molecule has 0 saturated heterocycles. The maximum atomic E-state index is 12.3. The van der Waals surface area contributed by atoms with E-state index in [0.717, 1.165) is 5.56 Å². The molecule has 0 saturated carbocycles. The van der Waals surface area contributed by atoms with Gasteiger partial charge >= 0.3 is 0 Å². The second-order valence-electron chi connectivity index (χ2n) is 5.49. The lowest BCUT2D eigenvalue weighted by Crippen LogP contribution is -2.41. The number of aryl methyl sites for hydroxylation is 1. The van der Waals surface area contributed by atoms with Gasteiger partial charge in [-0.1, -0.05) is 17.7 Å². The average Bonchev–Trinajstić information content (AvgIpc) is 2.55. The fourth-order valence-corrected chi connectivity index (χ4v) is 3.46. The minimum Gasteiger partial charge on any atom is -0.495 e.